The maximum Gasteiger partial charge on any atom is 0.159 e. The maximum atomic E-state index is 13.0. The number of rotatable bonds is 6. The van der Waals surface area contributed by atoms with Crippen molar-refractivity contribution in [2.45, 2.75) is 25.6 Å². The molecule has 0 radical (unpaired) electrons. The molecule has 0 heterocycles. The highest BCUT2D eigenvalue weighted by molar-refractivity contribution is 5.20. The molecule has 0 amide bonds. The molecule has 0 aliphatic heterocycles. The van der Waals surface area contributed by atoms with Gasteiger partial charge in [0.15, 0.2) is 11.6 Å². The summed E-state index contributed by atoms with van der Waals surface area (Å²) >= 11 is 0. The normalized spacial score (nSPS) is 13.7. The fourth-order valence-electron chi connectivity index (χ4n) is 1.42. The van der Waals surface area contributed by atoms with Crippen LogP contribution in [-0.4, -0.2) is 30.9 Å². The van der Waals surface area contributed by atoms with Crippen LogP contribution in [0.4, 0.5) is 8.78 Å². The molecule has 2 N–H and O–H groups in total. The summed E-state index contributed by atoms with van der Waals surface area (Å²) in [6.07, 6.45) is -0.882. The van der Waals surface area contributed by atoms with E-state index in [-0.39, 0.29) is 12.1 Å². The second-order valence-corrected chi connectivity index (χ2v) is 4.78. The summed E-state index contributed by atoms with van der Waals surface area (Å²) in [6.45, 7) is 4.61. The third-order valence-electron chi connectivity index (χ3n) is 2.77. The van der Waals surface area contributed by atoms with Crippen LogP contribution in [0.2, 0.25) is 0 Å². The Morgan fingerprint density at radius 2 is 2.00 bits per heavy atom. The molecule has 0 spiro atoms. The lowest BCUT2D eigenvalue weighted by Gasteiger charge is -2.24. The van der Waals surface area contributed by atoms with Crippen LogP contribution >= 0.6 is 0 Å². The van der Waals surface area contributed by atoms with E-state index in [0.29, 0.717) is 12.1 Å². The molecule has 1 aromatic rings. The Balaban J connectivity index is 2.50. The number of methoxy groups -OCH3 is 1. The molecule has 1 rings (SSSR count). The lowest BCUT2D eigenvalue weighted by Crippen LogP contribution is -2.38. The average Bonchev–Trinajstić information content (AvgIpc) is 2.32. The van der Waals surface area contributed by atoms with Crippen molar-refractivity contribution in [3.63, 3.8) is 0 Å². The van der Waals surface area contributed by atoms with E-state index in [1.807, 2.05) is 13.8 Å². The molecule has 0 fully saturated rings. The van der Waals surface area contributed by atoms with E-state index in [1.165, 1.54) is 6.07 Å². The van der Waals surface area contributed by atoms with Crippen LogP contribution in [0.1, 0.15) is 25.5 Å². The van der Waals surface area contributed by atoms with Crippen LogP contribution in [-0.2, 0) is 4.74 Å². The SMILES string of the molecule is COC(C)(C)CNCC(O)c1ccc(F)c(F)c1. The fourth-order valence-corrected chi connectivity index (χ4v) is 1.42. The smallest absolute Gasteiger partial charge is 0.159 e. The zero-order valence-corrected chi connectivity index (χ0v) is 10.8. The first-order valence-corrected chi connectivity index (χ1v) is 5.74. The minimum absolute atomic E-state index is 0.248. The van der Waals surface area contributed by atoms with Gasteiger partial charge in [-0.05, 0) is 31.5 Å². The number of ether oxygens (including phenoxy) is 1. The summed E-state index contributed by atoms with van der Waals surface area (Å²) in [5.74, 6) is -1.87. The molecule has 1 atom stereocenters. The van der Waals surface area contributed by atoms with Crippen LogP contribution in [0.3, 0.4) is 0 Å². The van der Waals surface area contributed by atoms with Gasteiger partial charge in [-0.2, -0.15) is 0 Å². The molecular formula is C13H19F2NO2. The van der Waals surface area contributed by atoms with Crippen LogP contribution < -0.4 is 5.32 Å². The third-order valence-corrected chi connectivity index (χ3v) is 2.77. The Morgan fingerprint density at radius 3 is 2.56 bits per heavy atom. The van der Waals surface area contributed by atoms with Gasteiger partial charge in [0.1, 0.15) is 0 Å². The molecule has 1 unspecified atom stereocenters. The van der Waals surface area contributed by atoms with Crippen molar-refractivity contribution in [1.82, 2.24) is 5.32 Å². The molecule has 5 heteroatoms. The van der Waals surface area contributed by atoms with Gasteiger partial charge < -0.3 is 15.2 Å². The zero-order valence-electron chi connectivity index (χ0n) is 10.8. The van der Waals surface area contributed by atoms with Gasteiger partial charge in [0, 0.05) is 20.2 Å². The van der Waals surface area contributed by atoms with Crippen molar-refractivity contribution in [2.75, 3.05) is 20.2 Å². The molecular weight excluding hydrogens is 240 g/mol. The second kappa shape index (κ2) is 6.22. The van der Waals surface area contributed by atoms with Gasteiger partial charge >= 0.3 is 0 Å². The number of aliphatic hydroxyl groups excluding tert-OH is 1. The Kier molecular flexibility index (Phi) is 5.19. The van der Waals surface area contributed by atoms with Crippen molar-refractivity contribution < 1.29 is 18.6 Å². The standard InChI is InChI=1S/C13H19F2NO2/c1-13(2,18-3)8-16-7-12(17)9-4-5-10(14)11(15)6-9/h4-6,12,16-17H,7-8H2,1-3H3. The lowest BCUT2D eigenvalue weighted by molar-refractivity contribution is 0.0207. The summed E-state index contributed by atoms with van der Waals surface area (Å²) < 4.78 is 30.9. The van der Waals surface area contributed by atoms with Crippen LogP contribution in [0.5, 0.6) is 0 Å². The van der Waals surface area contributed by atoms with Gasteiger partial charge in [0.2, 0.25) is 0 Å². The highest BCUT2D eigenvalue weighted by Crippen LogP contribution is 2.16. The van der Waals surface area contributed by atoms with E-state index >= 15 is 0 Å². The average molecular weight is 259 g/mol. The van der Waals surface area contributed by atoms with E-state index in [2.05, 4.69) is 5.32 Å². The first-order valence-electron chi connectivity index (χ1n) is 5.74. The molecule has 3 nitrogen and oxygen atoms in total. The summed E-state index contributed by atoms with van der Waals surface area (Å²) in [6, 6.07) is 3.38. The number of aliphatic hydroxyl groups is 1. The van der Waals surface area contributed by atoms with Crippen LogP contribution in [0.15, 0.2) is 18.2 Å². The fraction of sp³-hybridized carbons (Fsp3) is 0.538. The Labute approximate surface area is 106 Å². The minimum atomic E-state index is -0.955. The largest absolute Gasteiger partial charge is 0.387 e. The predicted octanol–water partition coefficient (Wildman–Crippen LogP) is 2.01. The highest BCUT2D eigenvalue weighted by Gasteiger charge is 2.17. The van der Waals surface area contributed by atoms with Gasteiger partial charge in [-0.25, -0.2) is 8.78 Å². The van der Waals surface area contributed by atoms with E-state index < -0.39 is 17.7 Å². The first kappa shape index (κ1) is 15.0. The van der Waals surface area contributed by atoms with E-state index in [1.54, 1.807) is 7.11 Å². The minimum Gasteiger partial charge on any atom is -0.387 e. The van der Waals surface area contributed by atoms with Crippen LogP contribution in [0, 0.1) is 11.6 Å². The van der Waals surface area contributed by atoms with E-state index in [4.69, 9.17) is 4.74 Å². The van der Waals surface area contributed by atoms with Gasteiger partial charge in [-0.1, -0.05) is 6.07 Å². The summed E-state index contributed by atoms with van der Waals surface area (Å²) in [7, 11) is 1.60. The molecule has 1 aromatic carbocycles. The molecule has 102 valence electrons. The Hall–Kier alpha value is -1.04. The molecule has 0 aromatic heterocycles. The van der Waals surface area contributed by atoms with Gasteiger partial charge in [-0.3, -0.25) is 0 Å². The van der Waals surface area contributed by atoms with Crippen molar-refractivity contribution >= 4 is 0 Å². The number of benzene rings is 1. The topological polar surface area (TPSA) is 41.5 Å². The van der Waals surface area contributed by atoms with E-state index in [9.17, 15) is 13.9 Å². The first-order chi connectivity index (χ1) is 8.35. The second-order valence-electron chi connectivity index (χ2n) is 4.78. The number of halogens is 2. The van der Waals surface area contributed by atoms with Crippen molar-refractivity contribution in [1.29, 1.82) is 0 Å². The molecule has 18 heavy (non-hydrogen) atoms. The van der Waals surface area contributed by atoms with Crippen LogP contribution in [0.25, 0.3) is 0 Å². The third kappa shape index (κ3) is 4.33. The van der Waals surface area contributed by atoms with E-state index in [0.717, 1.165) is 12.1 Å². The monoisotopic (exact) mass is 259 g/mol. The lowest BCUT2D eigenvalue weighted by atomic mass is 10.1. The molecule has 0 aliphatic rings. The summed E-state index contributed by atoms with van der Waals surface area (Å²) in [5.41, 5.74) is 0.00458. The van der Waals surface area contributed by atoms with Gasteiger partial charge in [0.05, 0.1) is 11.7 Å². The quantitative estimate of drug-likeness (QED) is 0.821. The number of hydrogen-bond acceptors (Lipinski definition) is 3. The maximum absolute atomic E-state index is 13.0. The van der Waals surface area contributed by atoms with Crippen molar-refractivity contribution in [3.05, 3.63) is 35.4 Å². The Morgan fingerprint density at radius 1 is 1.33 bits per heavy atom. The van der Waals surface area contributed by atoms with Crippen molar-refractivity contribution in [3.8, 4) is 0 Å². The summed E-state index contributed by atoms with van der Waals surface area (Å²) in [4.78, 5) is 0. The number of hydrogen-bond donors (Lipinski definition) is 2. The zero-order chi connectivity index (χ0) is 13.8. The predicted molar refractivity (Wildman–Crippen MR) is 65.3 cm³/mol. The molecule has 0 saturated heterocycles. The molecule has 0 aliphatic carbocycles. The molecule has 0 saturated carbocycles. The number of nitrogens with one attached hydrogen (secondary N) is 1. The van der Waals surface area contributed by atoms with Gasteiger partial charge in [-0.15, -0.1) is 0 Å². The van der Waals surface area contributed by atoms with Crippen molar-refractivity contribution in [2.24, 2.45) is 0 Å². The Bertz CT molecular complexity index is 397. The summed E-state index contributed by atoms with van der Waals surface area (Å²) in [5, 5.41) is 12.8. The van der Waals surface area contributed by atoms with Gasteiger partial charge in [0.25, 0.3) is 0 Å². The highest BCUT2D eigenvalue weighted by atomic mass is 19.2. The molecule has 0 bridgehead atoms.